The Hall–Kier alpha value is -3.38. The molecule has 0 saturated carbocycles. The zero-order chi connectivity index (χ0) is 23.7. The van der Waals surface area contributed by atoms with Crippen LogP contribution in [-0.2, 0) is 4.74 Å². The van der Waals surface area contributed by atoms with Crippen molar-refractivity contribution in [2.24, 2.45) is 11.8 Å². The summed E-state index contributed by atoms with van der Waals surface area (Å²) < 4.78 is 17.0. The summed E-state index contributed by atoms with van der Waals surface area (Å²) in [4.78, 5) is 20.3. The molecular weight excluding hydrogens is 428 g/mol. The minimum Gasteiger partial charge on any atom is -0.497 e. The summed E-state index contributed by atoms with van der Waals surface area (Å²) in [5, 5.41) is 0.942. The quantitative estimate of drug-likeness (QED) is 0.365. The average molecular weight is 459 g/mol. The Morgan fingerprint density at radius 3 is 2.56 bits per heavy atom. The highest BCUT2D eigenvalue weighted by molar-refractivity contribution is 5.90. The van der Waals surface area contributed by atoms with Crippen molar-refractivity contribution in [3.8, 4) is 11.5 Å². The van der Waals surface area contributed by atoms with Gasteiger partial charge in [-0.3, -0.25) is 9.88 Å². The lowest BCUT2D eigenvalue weighted by molar-refractivity contribution is -0.0568. The number of hydrogen-bond acceptors (Lipinski definition) is 6. The van der Waals surface area contributed by atoms with E-state index in [-0.39, 0.29) is 12.0 Å². The fourth-order valence-electron chi connectivity index (χ4n) is 5.47. The molecule has 0 aliphatic carbocycles. The fourth-order valence-corrected chi connectivity index (χ4v) is 5.47. The summed E-state index contributed by atoms with van der Waals surface area (Å²) in [7, 11) is 3.26. The van der Waals surface area contributed by atoms with E-state index in [2.05, 4.69) is 22.5 Å². The lowest BCUT2D eigenvalue weighted by Gasteiger charge is -2.51. The zero-order valence-electron chi connectivity index (χ0n) is 19.6. The van der Waals surface area contributed by atoms with Gasteiger partial charge in [0.15, 0.2) is 0 Å². The first-order valence-electron chi connectivity index (χ1n) is 11.8. The van der Waals surface area contributed by atoms with Gasteiger partial charge in [0.25, 0.3) is 0 Å². The molecule has 0 N–H and O–H groups in total. The topological polar surface area (TPSA) is 60.9 Å². The molecule has 3 aliphatic heterocycles. The highest BCUT2D eigenvalue weighted by Crippen LogP contribution is 2.44. The summed E-state index contributed by atoms with van der Waals surface area (Å²) in [5.74, 6) is 2.14. The predicted molar refractivity (Wildman–Crippen MR) is 131 cm³/mol. The highest BCUT2D eigenvalue weighted by Gasteiger charge is 2.44. The lowest BCUT2D eigenvalue weighted by Crippen LogP contribution is -2.55. The fraction of sp³-hybridized carbons (Fsp3) is 0.357. The van der Waals surface area contributed by atoms with Crippen LogP contribution >= 0.6 is 0 Å². The number of esters is 1. The summed E-state index contributed by atoms with van der Waals surface area (Å²) in [5.41, 5.74) is 2.31. The Labute approximate surface area is 200 Å². The molecule has 3 saturated heterocycles. The molecule has 6 heteroatoms. The van der Waals surface area contributed by atoms with Crippen molar-refractivity contribution in [1.29, 1.82) is 0 Å². The first kappa shape index (κ1) is 22.4. The Balaban J connectivity index is 1.54. The van der Waals surface area contributed by atoms with Crippen LogP contribution < -0.4 is 9.47 Å². The summed E-state index contributed by atoms with van der Waals surface area (Å²) in [6, 6.07) is 14.9. The third-order valence-corrected chi connectivity index (χ3v) is 7.35. The Kier molecular flexibility index (Phi) is 6.24. The summed E-state index contributed by atoms with van der Waals surface area (Å²) >= 11 is 0. The van der Waals surface area contributed by atoms with Crippen LogP contribution in [0.5, 0.6) is 11.5 Å². The average Bonchev–Trinajstić information content (AvgIpc) is 2.91. The molecule has 2 bridgehead atoms. The second-order valence-corrected chi connectivity index (χ2v) is 9.08. The van der Waals surface area contributed by atoms with Crippen molar-refractivity contribution in [3.63, 3.8) is 0 Å². The molecule has 0 amide bonds. The van der Waals surface area contributed by atoms with Crippen LogP contribution in [0, 0.1) is 11.8 Å². The van der Waals surface area contributed by atoms with E-state index in [0.29, 0.717) is 23.1 Å². The first-order valence-corrected chi connectivity index (χ1v) is 11.8. The van der Waals surface area contributed by atoms with Crippen molar-refractivity contribution in [1.82, 2.24) is 9.88 Å². The van der Waals surface area contributed by atoms with E-state index in [1.807, 2.05) is 24.3 Å². The van der Waals surface area contributed by atoms with Gasteiger partial charge in [-0.2, -0.15) is 0 Å². The van der Waals surface area contributed by atoms with Gasteiger partial charge in [-0.25, -0.2) is 4.79 Å². The van der Waals surface area contributed by atoms with E-state index in [1.54, 1.807) is 44.7 Å². The highest BCUT2D eigenvalue weighted by atomic mass is 16.5. The predicted octanol–water partition coefficient (Wildman–Crippen LogP) is 5.05. The van der Waals surface area contributed by atoms with E-state index in [4.69, 9.17) is 14.2 Å². The number of ether oxygens (including phenoxy) is 3. The maximum atomic E-state index is 13.3. The minimum atomic E-state index is -0.430. The summed E-state index contributed by atoms with van der Waals surface area (Å²) in [6.07, 6.45) is 5.56. The smallest absolute Gasteiger partial charge is 0.338 e. The number of pyridine rings is 1. The molecule has 1 aromatic heterocycles. The number of nitrogens with zero attached hydrogens (tertiary/aromatic N) is 2. The number of methoxy groups -OCH3 is 2. The molecule has 6 nitrogen and oxygen atoms in total. The maximum absolute atomic E-state index is 13.3. The van der Waals surface area contributed by atoms with Crippen LogP contribution in [0.3, 0.4) is 0 Å². The van der Waals surface area contributed by atoms with E-state index < -0.39 is 6.10 Å². The molecule has 3 aliphatic rings. The number of hydrogen-bond donors (Lipinski definition) is 0. The third-order valence-electron chi connectivity index (χ3n) is 7.35. The Bertz CT molecular complexity index is 1190. The molecule has 176 valence electrons. The van der Waals surface area contributed by atoms with Crippen LogP contribution in [0.25, 0.3) is 10.9 Å². The number of carbonyl (C=O) groups is 1. The molecule has 0 spiro atoms. The van der Waals surface area contributed by atoms with E-state index in [0.717, 1.165) is 48.1 Å². The van der Waals surface area contributed by atoms with Crippen molar-refractivity contribution >= 4 is 16.9 Å². The van der Waals surface area contributed by atoms with Crippen LogP contribution in [0.2, 0.25) is 0 Å². The van der Waals surface area contributed by atoms with Gasteiger partial charge < -0.3 is 14.2 Å². The molecule has 3 aromatic rings. The van der Waals surface area contributed by atoms with Crippen LogP contribution in [0.15, 0.2) is 67.4 Å². The number of aromatic nitrogens is 1. The molecule has 0 radical (unpaired) electrons. The largest absolute Gasteiger partial charge is 0.497 e. The van der Waals surface area contributed by atoms with E-state index in [9.17, 15) is 4.79 Å². The molecule has 6 rings (SSSR count). The molecule has 3 fully saturated rings. The minimum absolute atomic E-state index is 0.0916. The molecule has 5 atom stereocenters. The van der Waals surface area contributed by atoms with Gasteiger partial charge >= 0.3 is 5.97 Å². The Morgan fingerprint density at radius 1 is 1.12 bits per heavy atom. The zero-order valence-corrected chi connectivity index (χ0v) is 19.6. The van der Waals surface area contributed by atoms with E-state index in [1.165, 1.54) is 0 Å². The molecular formula is C28H30N2O4. The number of rotatable bonds is 7. The first-order chi connectivity index (χ1) is 16.6. The van der Waals surface area contributed by atoms with Crippen molar-refractivity contribution < 1.29 is 19.0 Å². The van der Waals surface area contributed by atoms with E-state index >= 15 is 0 Å². The van der Waals surface area contributed by atoms with Crippen LogP contribution in [0.1, 0.15) is 34.9 Å². The van der Waals surface area contributed by atoms with Gasteiger partial charge in [0.05, 0.1) is 31.3 Å². The number of fused-ring (bicyclic) bond motifs is 4. The van der Waals surface area contributed by atoms with Gasteiger partial charge in [-0.1, -0.05) is 6.08 Å². The molecule has 2 aromatic carbocycles. The van der Waals surface area contributed by atoms with Gasteiger partial charge in [0, 0.05) is 23.7 Å². The second-order valence-electron chi connectivity index (χ2n) is 9.08. The molecule has 4 heterocycles. The second kappa shape index (κ2) is 9.47. The Morgan fingerprint density at radius 2 is 1.88 bits per heavy atom. The number of benzene rings is 2. The normalized spacial score (nSPS) is 24.4. The standard InChI is InChI=1S/C28H30N2O4/c1-4-18-17-30-14-12-20(18)15-26(30)27(34-28(31)19-5-7-21(32-2)8-6-19)23-11-13-29-25-10-9-22(33-3)16-24(23)25/h4-11,13,16,18,20,26-27H,1,12,14-15,17H2,2-3H3/t18-,20+,26-,27+/m1/s1. The van der Waals surface area contributed by atoms with Crippen molar-refractivity contribution in [3.05, 3.63) is 78.5 Å². The summed E-state index contributed by atoms with van der Waals surface area (Å²) in [6.45, 7) is 6.00. The monoisotopic (exact) mass is 458 g/mol. The van der Waals surface area contributed by atoms with Gasteiger partial charge in [-0.15, -0.1) is 6.58 Å². The lowest BCUT2D eigenvalue weighted by atomic mass is 9.73. The van der Waals surface area contributed by atoms with Crippen LogP contribution in [-0.4, -0.2) is 49.2 Å². The molecule has 1 unspecified atom stereocenters. The van der Waals surface area contributed by atoms with Gasteiger partial charge in [0.2, 0.25) is 0 Å². The SMILES string of the molecule is C=C[C@@H]1CN2CC[C@H]1C[C@@H]2[C@@H](OC(=O)c1ccc(OC)cc1)c1ccnc2ccc(OC)cc12. The van der Waals surface area contributed by atoms with Crippen LogP contribution in [0.4, 0.5) is 0 Å². The molecule has 34 heavy (non-hydrogen) atoms. The maximum Gasteiger partial charge on any atom is 0.338 e. The van der Waals surface area contributed by atoms with Crippen molar-refractivity contribution in [2.45, 2.75) is 25.0 Å². The third kappa shape index (κ3) is 4.14. The van der Waals surface area contributed by atoms with Gasteiger partial charge in [-0.05, 0) is 79.8 Å². The number of carbonyl (C=O) groups excluding carboxylic acids is 1. The van der Waals surface area contributed by atoms with Crippen molar-refractivity contribution in [2.75, 3.05) is 27.3 Å². The number of piperidine rings is 3. The van der Waals surface area contributed by atoms with Gasteiger partial charge in [0.1, 0.15) is 17.6 Å².